The first-order valence-electron chi connectivity index (χ1n) is 6.31. The Balaban J connectivity index is 2.34. The van der Waals surface area contributed by atoms with Crippen LogP contribution in [0, 0.1) is 6.92 Å². The van der Waals surface area contributed by atoms with Crippen LogP contribution in [0.25, 0.3) is 5.57 Å². The summed E-state index contributed by atoms with van der Waals surface area (Å²) in [6.07, 6.45) is 3.47. The van der Waals surface area contributed by atoms with Gasteiger partial charge in [-0.15, -0.1) is 0 Å². The molecule has 0 amide bonds. The Bertz CT molecular complexity index is 419. The van der Waals surface area contributed by atoms with E-state index in [1.807, 2.05) is 0 Å². The van der Waals surface area contributed by atoms with Gasteiger partial charge in [0.1, 0.15) is 0 Å². The van der Waals surface area contributed by atoms with Gasteiger partial charge in [0, 0.05) is 13.1 Å². The molecular weight excluding hydrogens is 208 g/mol. The molecule has 0 radical (unpaired) electrons. The van der Waals surface area contributed by atoms with Crippen molar-refractivity contribution in [3.05, 3.63) is 41.0 Å². The molecule has 0 fully saturated rings. The number of nitrogens with one attached hydrogen (secondary N) is 1. The number of rotatable bonds is 3. The number of hydrogen-bond donors (Lipinski definition) is 1. The van der Waals surface area contributed by atoms with Gasteiger partial charge in [-0.05, 0) is 50.7 Å². The average molecular weight is 230 g/mol. The zero-order chi connectivity index (χ0) is 12.3. The van der Waals surface area contributed by atoms with Crippen LogP contribution in [-0.2, 0) is 6.54 Å². The van der Waals surface area contributed by atoms with Crippen molar-refractivity contribution >= 4 is 5.57 Å². The SMILES string of the molecule is Cc1ccc(C2=CCNCC2)c(CN(C)C)c1. The standard InChI is InChI=1S/C15H22N2/c1-12-4-5-15(13-6-8-16-9-7-13)14(10-12)11-17(2)3/h4-6,10,16H,7-9,11H2,1-3H3. The molecule has 92 valence electrons. The van der Waals surface area contributed by atoms with Gasteiger partial charge < -0.3 is 10.2 Å². The summed E-state index contributed by atoms with van der Waals surface area (Å²) in [7, 11) is 4.26. The molecule has 0 saturated heterocycles. The zero-order valence-corrected chi connectivity index (χ0v) is 11.1. The van der Waals surface area contributed by atoms with Gasteiger partial charge in [-0.25, -0.2) is 0 Å². The van der Waals surface area contributed by atoms with Crippen molar-refractivity contribution in [2.24, 2.45) is 0 Å². The van der Waals surface area contributed by atoms with Crippen LogP contribution in [0.3, 0.4) is 0 Å². The third kappa shape index (κ3) is 3.18. The molecule has 1 aliphatic rings. The third-order valence-corrected chi connectivity index (χ3v) is 3.16. The Labute approximate surface area is 104 Å². The lowest BCUT2D eigenvalue weighted by atomic mass is 9.94. The number of nitrogens with zero attached hydrogens (tertiary/aromatic N) is 1. The van der Waals surface area contributed by atoms with Gasteiger partial charge in [-0.1, -0.05) is 29.8 Å². The molecule has 0 aliphatic carbocycles. The molecule has 0 bridgehead atoms. The lowest BCUT2D eigenvalue weighted by molar-refractivity contribution is 0.402. The molecular formula is C15H22N2. The van der Waals surface area contributed by atoms with Gasteiger partial charge >= 0.3 is 0 Å². The van der Waals surface area contributed by atoms with E-state index >= 15 is 0 Å². The Kier molecular flexibility index (Phi) is 3.97. The molecule has 1 aromatic rings. The number of benzene rings is 1. The molecule has 2 heteroatoms. The largest absolute Gasteiger partial charge is 0.313 e. The van der Waals surface area contributed by atoms with Crippen molar-refractivity contribution < 1.29 is 0 Å². The van der Waals surface area contributed by atoms with Gasteiger partial charge in [0.2, 0.25) is 0 Å². The van der Waals surface area contributed by atoms with E-state index in [1.54, 1.807) is 0 Å². The molecule has 1 heterocycles. The van der Waals surface area contributed by atoms with Crippen molar-refractivity contribution in [1.29, 1.82) is 0 Å². The van der Waals surface area contributed by atoms with E-state index in [2.05, 4.69) is 55.5 Å². The molecule has 2 rings (SSSR count). The highest BCUT2D eigenvalue weighted by Gasteiger charge is 2.10. The number of hydrogen-bond acceptors (Lipinski definition) is 2. The summed E-state index contributed by atoms with van der Waals surface area (Å²) in [4.78, 5) is 2.24. The highest BCUT2D eigenvalue weighted by molar-refractivity contribution is 5.69. The van der Waals surface area contributed by atoms with Gasteiger partial charge in [-0.2, -0.15) is 0 Å². The van der Waals surface area contributed by atoms with E-state index < -0.39 is 0 Å². The fourth-order valence-electron chi connectivity index (χ4n) is 2.37. The minimum absolute atomic E-state index is 1.00. The Morgan fingerprint density at radius 1 is 1.29 bits per heavy atom. The van der Waals surface area contributed by atoms with E-state index in [0.29, 0.717) is 0 Å². The fourth-order valence-corrected chi connectivity index (χ4v) is 2.37. The van der Waals surface area contributed by atoms with Gasteiger partial charge in [0.25, 0.3) is 0 Å². The predicted molar refractivity (Wildman–Crippen MR) is 74.0 cm³/mol. The summed E-state index contributed by atoms with van der Waals surface area (Å²) in [5.41, 5.74) is 5.73. The van der Waals surface area contributed by atoms with Crippen LogP contribution in [0.2, 0.25) is 0 Å². The van der Waals surface area contributed by atoms with E-state index in [1.165, 1.54) is 22.3 Å². The summed E-state index contributed by atoms with van der Waals surface area (Å²) in [5.74, 6) is 0. The Morgan fingerprint density at radius 2 is 2.12 bits per heavy atom. The van der Waals surface area contributed by atoms with Gasteiger partial charge in [0.05, 0.1) is 0 Å². The zero-order valence-electron chi connectivity index (χ0n) is 11.1. The van der Waals surface area contributed by atoms with Crippen LogP contribution in [0.5, 0.6) is 0 Å². The summed E-state index contributed by atoms with van der Waals surface area (Å²) in [6, 6.07) is 6.82. The van der Waals surface area contributed by atoms with Crippen LogP contribution >= 0.6 is 0 Å². The maximum absolute atomic E-state index is 3.37. The van der Waals surface area contributed by atoms with Crippen LogP contribution in [-0.4, -0.2) is 32.1 Å². The highest BCUT2D eigenvalue weighted by atomic mass is 15.0. The van der Waals surface area contributed by atoms with Crippen molar-refractivity contribution in [3.8, 4) is 0 Å². The summed E-state index contributed by atoms with van der Waals surface area (Å²) < 4.78 is 0. The molecule has 0 spiro atoms. The van der Waals surface area contributed by atoms with E-state index in [4.69, 9.17) is 0 Å². The maximum Gasteiger partial charge on any atom is 0.0233 e. The van der Waals surface area contributed by atoms with Crippen LogP contribution in [0.4, 0.5) is 0 Å². The molecule has 0 atom stereocenters. The predicted octanol–water partition coefficient (Wildman–Crippen LogP) is 2.43. The normalized spacial score (nSPS) is 16.1. The van der Waals surface area contributed by atoms with E-state index in [0.717, 1.165) is 26.1 Å². The maximum atomic E-state index is 3.37. The molecule has 0 saturated carbocycles. The third-order valence-electron chi connectivity index (χ3n) is 3.16. The van der Waals surface area contributed by atoms with E-state index in [9.17, 15) is 0 Å². The fraction of sp³-hybridized carbons (Fsp3) is 0.467. The Hall–Kier alpha value is -1.12. The van der Waals surface area contributed by atoms with Crippen molar-refractivity contribution in [2.45, 2.75) is 19.9 Å². The summed E-state index contributed by atoms with van der Waals surface area (Å²) in [5, 5.41) is 3.37. The highest BCUT2D eigenvalue weighted by Crippen LogP contribution is 2.25. The summed E-state index contributed by atoms with van der Waals surface area (Å²) >= 11 is 0. The monoisotopic (exact) mass is 230 g/mol. The van der Waals surface area contributed by atoms with Crippen molar-refractivity contribution in [2.75, 3.05) is 27.2 Å². The van der Waals surface area contributed by atoms with Crippen LogP contribution in [0.15, 0.2) is 24.3 Å². The molecule has 0 unspecified atom stereocenters. The van der Waals surface area contributed by atoms with Gasteiger partial charge in [0.15, 0.2) is 0 Å². The van der Waals surface area contributed by atoms with Crippen LogP contribution < -0.4 is 5.32 Å². The van der Waals surface area contributed by atoms with E-state index in [-0.39, 0.29) is 0 Å². The lowest BCUT2D eigenvalue weighted by Crippen LogP contribution is -2.21. The summed E-state index contributed by atoms with van der Waals surface area (Å²) in [6.45, 7) is 5.28. The second-order valence-corrected chi connectivity index (χ2v) is 5.08. The molecule has 1 aliphatic heterocycles. The quantitative estimate of drug-likeness (QED) is 0.858. The van der Waals surface area contributed by atoms with Crippen LogP contribution in [0.1, 0.15) is 23.1 Å². The van der Waals surface area contributed by atoms with Crippen molar-refractivity contribution in [1.82, 2.24) is 10.2 Å². The number of aryl methyl sites for hydroxylation is 1. The second kappa shape index (κ2) is 5.48. The second-order valence-electron chi connectivity index (χ2n) is 5.08. The first kappa shape index (κ1) is 12.3. The molecule has 17 heavy (non-hydrogen) atoms. The Morgan fingerprint density at radius 3 is 2.76 bits per heavy atom. The minimum atomic E-state index is 1.00. The molecule has 1 N–H and O–H groups in total. The minimum Gasteiger partial charge on any atom is -0.313 e. The molecule has 0 aromatic heterocycles. The average Bonchev–Trinajstić information content (AvgIpc) is 2.29. The smallest absolute Gasteiger partial charge is 0.0233 e. The van der Waals surface area contributed by atoms with Gasteiger partial charge in [-0.3, -0.25) is 0 Å². The molecule has 1 aromatic carbocycles. The lowest BCUT2D eigenvalue weighted by Gasteiger charge is -2.20. The first-order chi connectivity index (χ1) is 8.16. The molecule has 2 nitrogen and oxygen atoms in total. The van der Waals surface area contributed by atoms with Crippen molar-refractivity contribution in [3.63, 3.8) is 0 Å². The first-order valence-corrected chi connectivity index (χ1v) is 6.31. The topological polar surface area (TPSA) is 15.3 Å².